The zero-order valence-electron chi connectivity index (χ0n) is 9.26. The molecule has 3 N–H and O–H groups in total. The van der Waals surface area contributed by atoms with E-state index in [-0.39, 0.29) is 11.5 Å². The fourth-order valence-corrected chi connectivity index (χ4v) is 1.57. The third-order valence-electron chi connectivity index (χ3n) is 2.53. The first-order valence-corrected chi connectivity index (χ1v) is 5.32. The largest absolute Gasteiger partial charge is 0.508 e. The van der Waals surface area contributed by atoms with Crippen LogP contribution in [0.2, 0.25) is 0 Å². The van der Waals surface area contributed by atoms with Crippen molar-refractivity contribution in [3.63, 3.8) is 0 Å². The molecule has 0 aliphatic carbocycles. The van der Waals surface area contributed by atoms with Gasteiger partial charge >= 0.3 is 0 Å². The minimum Gasteiger partial charge on any atom is -0.508 e. The summed E-state index contributed by atoms with van der Waals surface area (Å²) in [6.45, 7) is 0. The number of hydrogen-bond donors (Lipinski definition) is 2. The highest BCUT2D eigenvalue weighted by molar-refractivity contribution is 5.97. The average molecular weight is 227 g/mol. The molecule has 0 aliphatic rings. The molecule has 0 saturated heterocycles. The number of ketones is 1. The molecule has 2 rings (SSSR count). The molecule has 0 aromatic heterocycles. The first kappa shape index (κ1) is 11.2. The van der Waals surface area contributed by atoms with Crippen LogP contribution in [-0.2, 0) is 6.42 Å². The van der Waals surface area contributed by atoms with Crippen LogP contribution in [0, 0.1) is 0 Å². The van der Waals surface area contributed by atoms with Crippen molar-refractivity contribution in [2.45, 2.75) is 6.42 Å². The van der Waals surface area contributed by atoms with E-state index >= 15 is 0 Å². The predicted molar refractivity (Wildman–Crippen MR) is 67.0 cm³/mol. The Kier molecular flexibility index (Phi) is 3.10. The van der Waals surface area contributed by atoms with E-state index in [1.165, 1.54) is 12.1 Å². The number of hydrogen-bond acceptors (Lipinski definition) is 3. The Morgan fingerprint density at radius 2 is 1.59 bits per heavy atom. The Bertz CT molecular complexity index is 515. The van der Waals surface area contributed by atoms with Crippen molar-refractivity contribution in [3.05, 3.63) is 59.7 Å². The normalized spacial score (nSPS) is 10.1. The van der Waals surface area contributed by atoms with Gasteiger partial charge in [-0.3, -0.25) is 4.79 Å². The van der Waals surface area contributed by atoms with E-state index in [9.17, 15) is 4.79 Å². The van der Waals surface area contributed by atoms with Crippen molar-refractivity contribution in [3.8, 4) is 5.75 Å². The summed E-state index contributed by atoms with van der Waals surface area (Å²) in [5.41, 5.74) is 7.78. The number of nitrogens with two attached hydrogens (primary N) is 1. The molecule has 0 fully saturated rings. The number of Topliss-reactive ketones (excluding diaryl/α,β-unsaturated/α-hetero) is 1. The molecule has 0 atom stereocenters. The smallest absolute Gasteiger partial charge is 0.167 e. The van der Waals surface area contributed by atoms with Crippen LogP contribution in [0.15, 0.2) is 48.5 Å². The van der Waals surface area contributed by atoms with Crippen molar-refractivity contribution in [1.82, 2.24) is 0 Å². The molecule has 0 spiro atoms. The second-order valence-electron chi connectivity index (χ2n) is 3.89. The van der Waals surface area contributed by atoms with Gasteiger partial charge in [0.05, 0.1) is 0 Å². The third-order valence-corrected chi connectivity index (χ3v) is 2.53. The number of benzene rings is 2. The maximum Gasteiger partial charge on any atom is 0.167 e. The molecule has 0 radical (unpaired) electrons. The van der Waals surface area contributed by atoms with Gasteiger partial charge in [0.25, 0.3) is 0 Å². The van der Waals surface area contributed by atoms with Crippen LogP contribution in [0.4, 0.5) is 5.69 Å². The molecule has 0 aliphatic heterocycles. The third kappa shape index (κ3) is 2.84. The van der Waals surface area contributed by atoms with E-state index in [4.69, 9.17) is 10.8 Å². The van der Waals surface area contributed by atoms with Gasteiger partial charge in [0.1, 0.15) is 5.75 Å². The number of aromatic hydroxyl groups is 1. The van der Waals surface area contributed by atoms with E-state index < -0.39 is 0 Å². The first-order valence-electron chi connectivity index (χ1n) is 5.32. The number of phenolic OH excluding ortho intramolecular Hbond substituents is 1. The van der Waals surface area contributed by atoms with Gasteiger partial charge < -0.3 is 10.8 Å². The molecule has 2 aromatic carbocycles. The van der Waals surface area contributed by atoms with E-state index in [0.717, 1.165) is 5.56 Å². The Hall–Kier alpha value is -2.29. The van der Waals surface area contributed by atoms with E-state index in [2.05, 4.69) is 0 Å². The van der Waals surface area contributed by atoms with Gasteiger partial charge in [0, 0.05) is 17.7 Å². The molecule has 2 aromatic rings. The number of anilines is 1. The topological polar surface area (TPSA) is 63.3 Å². The van der Waals surface area contributed by atoms with Crippen molar-refractivity contribution >= 4 is 11.5 Å². The molecular weight excluding hydrogens is 214 g/mol. The van der Waals surface area contributed by atoms with Crippen LogP contribution in [0.25, 0.3) is 0 Å². The molecule has 0 saturated carbocycles. The summed E-state index contributed by atoms with van der Waals surface area (Å²) in [5, 5.41) is 9.13. The van der Waals surface area contributed by atoms with Crippen molar-refractivity contribution < 1.29 is 9.90 Å². The number of nitrogen functional groups attached to an aromatic ring is 1. The van der Waals surface area contributed by atoms with Crippen molar-refractivity contribution in [2.24, 2.45) is 0 Å². The van der Waals surface area contributed by atoms with Crippen molar-refractivity contribution in [2.75, 3.05) is 5.73 Å². The van der Waals surface area contributed by atoms with Gasteiger partial charge in [-0.05, 0) is 42.0 Å². The molecule has 0 amide bonds. The average Bonchev–Trinajstić information content (AvgIpc) is 2.33. The molecule has 0 unspecified atom stereocenters. The lowest BCUT2D eigenvalue weighted by Crippen LogP contribution is -2.03. The van der Waals surface area contributed by atoms with Crippen LogP contribution < -0.4 is 5.73 Å². The molecule has 0 bridgehead atoms. The van der Waals surface area contributed by atoms with Gasteiger partial charge in [0.2, 0.25) is 0 Å². The Labute approximate surface area is 99.5 Å². The van der Waals surface area contributed by atoms with Gasteiger partial charge in [-0.2, -0.15) is 0 Å². The summed E-state index contributed by atoms with van der Waals surface area (Å²) in [7, 11) is 0. The lowest BCUT2D eigenvalue weighted by atomic mass is 10.0. The van der Waals surface area contributed by atoms with Crippen molar-refractivity contribution in [1.29, 1.82) is 0 Å². The van der Waals surface area contributed by atoms with Gasteiger partial charge in [-0.1, -0.05) is 12.1 Å². The summed E-state index contributed by atoms with van der Waals surface area (Å²) in [4.78, 5) is 11.9. The molecule has 3 heteroatoms. The summed E-state index contributed by atoms with van der Waals surface area (Å²) in [6, 6.07) is 13.5. The van der Waals surface area contributed by atoms with Crippen LogP contribution in [0.1, 0.15) is 15.9 Å². The van der Waals surface area contributed by atoms with E-state index in [0.29, 0.717) is 17.7 Å². The lowest BCUT2D eigenvalue weighted by Gasteiger charge is -2.02. The standard InChI is InChI=1S/C14H13NO2/c15-12-5-1-10(2-6-12)9-14(17)11-3-7-13(16)8-4-11/h1-8,16H,9,15H2. The van der Waals surface area contributed by atoms with E-state index in [1.807, 2.05) is 12.1 Å². The SMILES string of the molecule is Nc1ccc(CC(=O)c2ccc(O)cc2)cc1. The Balaban J connectivity index is 2.11. The molecular formula is C14H13NO2. The maximum absolute atomic E-state index is 11.9. The first-order chi connectivity index (χ1) is 8.15. The van der Waals surface area contributed by atoms with E-state index in [1.54, 1.807) is 24.3 Å². The number of rotatable bonds is 3. The second kappa shape index (κ2) is 4.70. The quantitative estimate of drug-likeness (QED) is 0.625. The summed E-state index contributed by atoms with van der Waals surface area (Å²) in [6.07, 6.45) is 0.338. The minimum absolute atomic E-state index is 0.0229. The zero-order chi connectivity index (χ0) is 12.3. The van der Waals surface area contributed by atoms with Crippen LogP contribution in [0.3, 0.4) is 0 Å². The fourth-order valence-electron chi connectivity index (χ4n) is 1.57. The Morgan fingerprint density at radius 3 is 2.18 bits per heavy atom. The van der Waals surface area contributed by atoms with Crippen LogP contribution >= 0.6 is 0 Å². The fraction of sp³-hybridized carbons (Fsp3) is 0.0714. The second-order valence-corrected chi connectivity index (χ2v) is 3.89. The summed E-state index contributed by atoms with van der Waals surface area (Å²) in [5.74, 6) is 0.184. The lowest BCUT2D eigenvalue weighted by molar-refractivity contribution is 0.0993. The highest BCUT2D eigenvalue weighted by atomic mass is 16.3. The van der Waals surface area contributed by atoms with Crippen LogP contribution in [-0.4, -0.2) is 10.9 Å². The summed E-state index contributed by atoms with van der Waals surface area (Å²) >= 11 is 0. The number of carbonyl (C=O) groups excluding carboxylic acids is 1. The van der Waals surface area contributed by atoms with Gasteiger partial charge in [-0.25, -0.2) is 0 Å². The van der Waals surface area contributed by atoms with Gasteiger partial charge in [0.15, 0.2) is 5.78 Å². The van der Waals surface area contributed by atoms with Crippen LogP contribution in [0.5, 0.6) is 5.75 Å². The molecule has 86 valence electrons. The molecule has 17 heavy (non-hydrogen) atoms. The zero-order valence-corrected chi connectivity index (χ0v) is 9.26. The number of carbonyl (C=O) groups is 1. The number of phenols is 1. The predicted octanol–water partition coefficient (Wildman–Crippen LogP) is 2.40. The molecule has 0 heterocycles. The monoisotopic (exact) mass is 227 g/mol. The van der Waals surface area contributed by atoms with Gasteiger partial charge in [-0.15, -0.1) is 0 Å². The maximum atomic E-state index is 11.9. The highest BCUT2D eigenvalue weighted by Gasteiger charge is 2.06. The summed E-state index contributed by atoms with van der Waals surface area (Å²) < 4.78 is 0. The molecule has 3 nitrogen and oxygen atoms in total. The minimum atomic E-state index is 0.0229. The highest BCUT2D eigenvalue weighted by Crippen LogP contribution is 2.13. The Morgan fingerprint density at radius 1 is 1.00 bits per heavy atom.